The van der Waals surface area contributed by atoms with Crippen molar-refractivity contribution in [3.63, 3.8) is 0 Å². The second kappa shape index (κ2) is 6.16. The van der Waals surface area contributed by atoms with Crippen LogP contribution in [-0.2, 0) is 15.6 Å². The summed E-state index contributed by atoms with van der Waals surface area (Å²) in [7, 11) is -2.99. The third kappa shape index (κ3) is 3.98. The Morgan fingerprint density at radius 2 is 1.95 bits per heavy atom. The Labute approximate surface area is 137 Å². The topological polar surface area (TPSA) is 58.2 Å². The Bertz CT molecular complexity index is 655. The molecular formula is C16H22N2O2S2. The van der Waals surface area contributed by atoms with Crippen LogP contribution in [0.25, 0.3) is 0 Å². The molecule has 2 saturated carbocycles. The molecule has 1 aromatic rings. The number of thiocarbonyl (C=S) groups is 1. The quantitative estimate of drug-likeness (QED) is 0.827. The molecule has 0 spiro atoms. The van der Waals surface area contributed by atoms with Gasteiger partial charge in [-0.05, 0) is 61.0 Å². The van der Waals surface area contributed by atoms with Crippen molar-refractivity contribution in [2.75, 3.05) is 11.6 Å². The van der Waals surface area contributed by atoms with Crippen molar-refractivity contribution in [3.8, 4) is 0 Å². The molecule has 0 heterocycles. The number of hydrogen-bond donors (Lipinski definition) is 2. The molecule has 22 heavy (non-hydrogen) atoms. The maximum Gasteiger partial charge on any atom is 0.171 e. The molecule has 0 amide bonds. The number of anilines is 1. The van der Waals surface area contributed by atoms with Crippen molar-refractivity contribution in [3.05, 3.63) is 29.8 Å². The van der Waals surface area contributed by atoms with E-state index in [1.807, 2.05) is 24.3 Å². The highest BCUT2D eigenvalue weighted by atomic mass is 32.2. The van der Waals surface area contributed by atoms with Crippen LogP contribution in [0.4, 0.5) is 5.69 Å². The van der Waals surface area contributed by atoms with Gasteiger partial charge >= 0.3 is 0 Å². The molecule has 2 N–H and O–H groups in total. The molecule has 0 unspecified atom stereocenters. The Balaban J connectivity index is 1.53. The van der Waals surface area contributed by atoms with Crippen LogP contribution in [0, 0.1) is 11.8 Å². The highest BCUT2D eigenvalue weighted by Crippen LogP contribution is 2.44. The maximum atomic E-state index is 11.3. The van der Waals surface area contributed by atoms with Crippen LogP contribution >= 0.6 is 12.2 Å². The summed E-state index contributed by atoms with van der Waals surface area (Å²) in [6.45, 7) is 0. The fourth-order valence-corrected chi connectivity index (χ4v) is 4.81. The van der Waals surface area contributed by atoms with Crippen molar-refractivity contribution < 1.29 is 8.42 Å². The molecule has 2 bridgehead atoms. The monoisotopic (exact) mass is 338 g/mol. The fraction of sp³-hybridized carbons (Fsp3) is 0.562. The van der Waals surface area contributed by atoms with Gasteiger partial charge in [0.1, 0.15) is 0 Å². The van der Waals surface area contributed by atoms with E-state index in [2.05, 4.69) is 10.6 Å². The molecule has 3 atom stereocenters. The zero-order chi connectivity index (χ0) is 15.7. The Morgan fingerprint density at radius 3 is 2.50 bits per heavy atom. The van der Waals surface area contributed by atoms with Crippen LogP contribution in [0.3, 0.4) is 0 Å². The molecule has 4 nitrogen and oxygen atoms in total. The largest absolute Gasteiger partial charge is 0.359 e. The van der Waals surface area contributed by atoms with E-state index in [4.69, 9.17) is 12.2 Å². The first kappa shape index (κ1) is 15.7. The second-order valence-corrected chi connectivity index (χ2v) is 9.20. The minimum Gasteiger partial charge on any atom is -0.359 e. The van der Waals surface area contributed by atoms with Crippen molar-refractivity contribution in [1.29, 1.82) is 0 Å². The molecule has 2 fully saturated rings. The third-order valence-electron chi connectivity index (χ3n) is 4.70. The predicted molar refractivity (Wildman–Crippen MR) is 93.6 cm³/mol. The van der Waals surface area contributed by atoms with E-state index < -0.39 is 9.84 Å². The van der Waals surface area contributed by atoms with Gasteiger partial charge < -0.3 is 10.6 Å². The van der Waals surface area contributed by atoms with Gasteiger partial charge in [0.05, 0.1) is 5.75 Å². The molecule has 0 aliphatic heterocycles. The van der Waals surface area contributed by atoms with Crippen LogP contribution in [0.1, 0.15) is 31.2 Å². The Kier molecular flexibility index (Phi) is 4.41. The molecule has 1 aromatic carbocycles. The minimum absolute atomic E-state index is 0.0706. The first-order valence-corrected chi connectivity index (χ1v) is 10.2. The van der Waals surface area contributed by atoms with E-state index in [-0.39, 0.29) is 5.75 Å². The summed E-state index contributed by atoms with van der Waals surface area (Å²) in [6, 6.07) is 7.90. The van der Waals surface area contributed by atoms with Gasteiger partial charge in [0, 0.05) is 18.0 Å². The summed E-state index contributed by atoms with van der Waals surface area (Å²) in [6.07, 6.45) is 6.53. The summed E-state index contributed by atoms with van der Waals surface area (Å²) < 4.78 is 22.5. The van der Waals surface area contributed by atoms with E-state index >= 15 is 0 Å². The highest BCUT2D eigenvalue weighted by Gasteiger charge is 2.39. The van der Waals surface area contributed by atoms with Gasteiger partial charge in [0.25, 0.3) is 0 Å². The normalized spacial score (nSPS) is 26.9. The summed E-state index contributed by atoms with van der Waals surface area (Å²) >= 11 is 5.39. The Hall–Kier alpha value is -1.14. The molecule has 0 aromatic heterocycles. The molecule has 6 heteroatoms. The van der Waals surface area contributed by atoms with Gasteiger partial charge in [-0.1, -0.05) is 18.6 Å². The van der Waals surface area contributed by atoms with Crippen LogP contribution in [0.2, 0.25) is 0 Å². The van der Waals surface area contributed by atoms with Crippen LogP contribution in [-0.4, -0.2) is 25.8 Å². The third-order valence-corrected chi connectivity index (χ3v) is 5.77. The number of nitrogens with one attached hydrogen (secondary N) is 2. The smallest absolute Gasteiger partial charge is 0.171 e. The molecular weight excluding hydrogens is 316 g/mol. The summed E-state index contributed by atoms with van der Waals surface area (Å²) in [5, 5.41) is 7.29. The van der Waals surface area contributed by atoms with Crippen LogP contribution < -0.4 is 10.6 Å². The lowest BCUT2D eigenvalue weighted by atomic mass is 9.96. The molecule has 0 saturated heterocycles. The van der Waals surface area contributed by atoms with E-state index in [1.165, 1.54) is 31.9 Å². The highest BCUT2D eigenvalue weighted by molar-refractivity contribution is 7.89. The number of benzene rings is 1. The van der Waals surface area contributed by atoms with E-state index in [0.29, 0.717) is 11.2 Å². The Morgan fingerprint density at radius 1 is 1.23 bits per heavy atom. The number of rotatable bonds is 4. The fourth-order valence-electron chi connectivity index (χ4n) is 3.74. The summed E-state index contributed by atoms with van der Waals surface area (Å²) in [5.41, 5.74) is 1.68. The van der Waals surface area contributed by atoms with E-state index in [1.54, 1.807) is 0 Å². The molecule has 2 aliphatic rings. The summed E-state index contributed by atoms with van der Waals surface area (Å²) in [5.74, 6) is 1.74. The van der Waals surface area contributed by atoms with Crippen molar-refractivity contribution in [2.24, 2.45) is 11.8 Å². The van der Waals surface area contributed by atoms with Crippen LogP contribution in [0.5, 0.6) is 0 Å². The van der Waals surface area contributed by atoms with Gasteiger partial charge in [0.2, 0.25) is 0 Å². The molecule has 3 rings (SSSR count). The van der Waals surface area contributed by atoms with E-state index in [9.17, 15) is 8.42 Å². The van der Waals surface area contributed by atoms with E-state index in [0.717, 1.165) is 23.1 Å². The van der Waals surface area contributed by atoms with Crippen molar-refractivity contribution in [1.82, 2.24) is 5.32 Å². The zero-order valence-electron chi connectivity index (χ0n) is 12.7. The number of hydrogen-bond acceptors (Lipinski definition) is 3. The van der Waals surface area contributed by atoms with Gasteiger partial charge in [-0.15, -0.1) is 0 Å². The predicted octanol–water partition coefficient (Wildman–Crippen LogP) is 2.71. The summed E-state index contributed by atoms with van der Waals surface area (Å²) in [4.78, 5) is 0. The SMILES string of the molecule is CS(=O)(=O)Cc1ccc(NC(=S)N[C@H]2C[C@H]3CC[C@H]2C3)cc1. The van der Waals surface area contributed by atoms with Gasteiger partial charge in [-0.2, -0.15) is 0 Å². The lowest BCUT2D eigenvalue weighted by Crippen LogP contribution is -2.40. The zero-order valence-corrected chi connectivity index (χ0v) is 14.3. The number of sulfone groups is 1. The first-order chi connectivity index (χ1) is 10.4. The number of fused-ring (bicyclic) bond motifs is 2. The van der Waals surface area contributed by atoms with Gasteiger partial charge in [0.15, 0.2) is 14.9 Å². The molecule has 2 aliphatic carbocycles. The second-order valence-electron chi connectivity index (χ2n) is 6.65. The lowest BCUT2D eigenvalue weighted by Gasteiger charge is -2.24. The van der Waals surface area contributed by atoms with Gasteiger partial charge in [-0.3, -0.25) is 0 Å². The van der Waals surface area contributed by atoms with Crippen LogP contribution in [0.15, 0.2) is 24.3 Å². The average molecular weight is 338 g/mol. The molecule has 120 valence electrons. The average Bonchev–Trinajstić information content (AvgIpc) is 3.01. The first-order valence-electron chi connectivity index (χ1n) is 7.73. The standard InChI is InChI=1S/C16H22N2O2S2/c1-22(19,20)10-11-3-6-14(7-4-11)17-16(21)18-15-9-12-2-5-13(15)8-12/h3-4,6-7,12-13,15H,2,5,8-10H2,1H3,(H2,17,18,21)/t12-,13-,15-/m0/s1. The van der Waals surface area contributed by atoms with Gasteiger partial charge in [-0.25, -0.2) is 8.42 Å². The van der Waals surface area contributed by atoms with Crippen molar-refractivity contribution in [2.45, 2.75) is 37.5 Å². The molecule has 0 radical (unpaired) electrons. The maximum absolute atomic E-state index is 11.3. The minimum atomic E-state index is -2.99. The lowest BCUT2D eigenvalue weighted by molar-refractivity contribution is 0.392. The van der Waals surface area contributed by atoms with Crippen molar-refractivity contribution >= 4 is 32.9 Å².